The van der Waals surface area contributed by atoms with E-state index in [2.05, 4.69) is 17.3 Å². The molecule has 6 rings (SSSR count). The molecule has 30 heavy (non-hydrogen) atoms. The van der Waals surface area contributed by atoms with E-state index in [1.54, 1.807) is 0 Å². The number of halogens is 4. The molecule has 1 aromatic heterocycles. The minimum atomic E-state index is -4.62. The Morgan fingerprint density at radius 2 is 1.77 bits per heavy atom. The molecule has 1 aromatic rings. The van der Waals surface area contributed by atoms with Crippen LogP contribution in [0.4, 0.5) is 13.2 Å². The van der Waals surface area contributed by atoms with Crippen LogP contribution >= 0.6 is 11.6 Å². The van der Waals surface area contributed by atoms with Crippen LogP contribution in [0.5, 0.6) is 0 Å². The van der Waals surface area contributed by atoms with Gasteiger partial charge in [-0.1, -0.05) is 18.5 Å². The molecule has 0 saturated heterocycles. The fourth-order valence-corrected chi connectivity index (χ4v) is 7.57. The molecule has 5 aliphatic rings. The summed E-state index contributed by atoms with van der Waals surface area (Å²) in [5, 5.41) is 6.57. The highest BCUT2D eigenvalue weighted by Crippen LogP contribution is 2.61. The van der Waals surface area contributed by atoms with Gasteiger partial charge in [-0.15, -0.1) is 0 Å². The van der Waals surface area contributed by atoms with Crippen LogP contribution in [0, 0.1) is 23.2 Å². The van der Waals surface area contributed by atoms with Crippen molar-refractivity contribution in [1.29, 1.82) is 0 Å². The first-order valence-electron chi connectivity index (χ1n) is 11.3. The van der Waals surface area contributed by atoms with Crippen LogP contribution in [0.1, 0.15) is 82.0 Å². The first-order chi connectivity index (χ1) is 14.2. The molecular formula is C22H29ClF3N3O. The fourth-order valence-electron chi connectivity index (χ4n) is 7.17. The van der Waals surface area contributed by atoms with Crippen molar-refractivity contribution in [2.24, 2.45) is 23.2 Å². The van der Waals surface area contributed by atoms with E-state index in [9.17, 15) is 18.0 Å². The van der Waals surface area contributed by atoms with E-state index in [1.807, 2.05) is 0 Å². The van der Waals surface area contributed by atoms with Crippen molar-refractivity contribution in [3.63, 3.8) is 0 Å². The number of hydrogen-bond donors (Lipinski definition) is 1. The van der Waals surface area contributed by atoms with Gasteiger partial charge in [-0.05, 0) is 81.0 Å². The Labute approximate surface area is 179 Å². The molecule has 0 spiro atoms. The summed E-state index contributed by atoms with van der Waals surface area (Å²) in [6.45, 7) is 1.90. The van der Waals surface area contributed by atoms with Gasteiger partial charge in [0.15, 0.2) is 5.69 Å². The lowest BCUT2D eigenvalue weighted by Gasteiger charge is -2.59. The van der Waals surface area contributed by atoms with Crippen LogP contribution in [-0.2, 0) is 17.5 Å². The van der Waals surface area contributed by atoms with Crippen molar-refractivity contribution in [3.05, 3.63) is 16.4 Å². The molecule has 1 heterocycles. The van der Waals surface area contributed by atoms with Crippen molar-refractivity contribution in [2.45, 2.75) is 89.4 Å². The van der Waals surface area contributed by atoms with Crippen molar-refractivity contribution < 1.29 is 18.0 Å². The van der Waals surface area contributed by atoms with E-state index in [1.165, 1.54) is 43.2 Å². The zero-order chi connectivity index (χ0) is 21.3. The Morgan fingerprint density at radius 3 is 2.23 bits per heavy atom. The normalized spacial score (nSPS) is 33.7. The Hall–Kier alpha value is -1.24. The molecule has 1 atom stereocenters. The maximum Gasteiger partial charge on any atom is 0.436 e. The van der Waals surface area contributed by atoms with E-state index in [0.717, 1.165) is 37.0 Å². The summed E-state index contributed by atoms with van der Waals surface area (Å²) >= 11 is 6.04. The molecule has 5 fully saturated rings. The van der Waals surface area contributed by atoms with Gasteiger partial charge in [0.2, 0.25) is 5.91 Å². The maximum atomic E-state index is 13.3. The number of nitrogens with one attached hydrogen (secondary N) is 1. The molecule has 5 aliphatic carbocycles. The van der Waals surface area contributed by atoms with E-state index < -0.39 is 11.9 Å². The average molecular weight is 444 g/mol. The highest BCUT2D eigenvalue weighted by molar-refractivity contribution is 6.32. The van der Waals surface area contributed by atoms with Gasteiger partial charge >= 0.3 is 6.18 Å². The molecule has 4 nitrogen and oxygen atoms in total. The van der Waals surface area contributed by atoms with Crippen molar-refractivity contribution in [2.75, 3.05) is 0 Å². The molecule has 1 unspecified atom stereocenters. The Balaban J connectivity index is 1.34. The van der Waals surface area contributed by atoms with Gasteiger partial charge in [-0.3, -0.25) is 9.48 Å². The molecule has 1 amide bonds. The third-order valence-electron chi connectivity index (χ3n) is 8.03. The van der Waals surface area contributed by atoms with Crippen LogP contribution in [0.2, 0.25) is 5.02 Å². The van der Waals surface area contributed by atoms with Gasteiger partial charge in [0.25, 0.3) is 0 Å². The first-order valence-corrected chi connectivity index (χ1v) is 11.7. The van der Waals surface area contributed by atoms with Crippen LogP contribution < -0.4 is 5.32 Å². The summed E-state index contributed by atoms with van der Waals surface area (Å²) in [7, 11) is 0. The monoisotopic (exact) mass is 443 g/mol. The number of nitrogens with zero attached hydrogens (tertiary/aromatic N) is 2. The quantitative estimate of drug-likeness (QED) is 0.627. The van der Waals surface area contributed by atoms with E-state index in [4.69, 9.17) is 11.6 Å². The molecule has 0 radical (unpaired) electrons. The highest BCUT2D eigenvalue weighted by atomic mass is 35.5. The Morgan fingerprint density at radius 1 is 1.20 bits per heavy atom. The van der Waals surface area contributed by atoms with Crippen LogP contribution in [-0.4, -0.2) is 21.7 Å². The van der Waals surface area contributed by atoms with Crippen LogP contribution in [0.15, 0.2) is 0 Å². The van der Waals surface area contributed by atoms with Crippen molar-refractivity contribution in [1.82, 2.24) is 15.1 Å². The lowest BCUT2D eigenvalue weighted by Crippen LogP contribution is -2.57. The summed E-state index contributed by atoms with van der Waals surface area (Å²) < 4.78 is 41.1. The molecule has 5 saturated carbocycles. The number of aromatic nitrogens is 2. The third kappa shape index (κ3) is 3.55. The molecule has 1 N–H and O–H groups in total. The summed E-state index contributed by atoms with van der Waals surface area (Å²) in [5.74, 6) is 2.06. The van der Waals surface area contributed by atoms with Gasteiger partial charge < -0.3 is 5.32 Å². The zero-order valence-electron chi connectivity index (χ0n) is 17.3. The van der Waals surface area contributed by atoms with Crippen molar-refractivity contribution >= 4 is 17.5 Å². The Bertz CT molecular complexity index is 810. The third-order valence-corrected chi connectivity index (χ3v) is 8.40. The summed E-state index contributed by atoms with van der Waals surface area (Å²) in [5.41, 5.74) is -0.550. The topological polar surface area (TPSA) is 46.9 Å². The minimum Gasteiger partial charge on any atom is -0.351 e. The minimum absolute atomic E-state index is 0.0287. The number of carbonyl (C=O) groups is 1. The molecule has 4 bridgehead atoms. The second-order valence-corrected chi connectivity index (χ2v) is 10.7. The molecule has 0 aliphatic heterocycles. The fraction of sp³-hybridized carbons (Fsp3) is 0.818. The predicted molar refractivity (Wildman–Crippen MR) is 107 cm³/mol. The van der Waals surface area contributed by atoms with Crippen molar-refractivity contribution in [3.8, 4) is 0 Å². The van der Waals surface area contributed by atoms with E-state index >= 15 is 0 Å². The van der Waals surface area contributed by atoms with Gasteiger partial charge in [0.05, 0.1) is 10.7 Å². The number of carbonyl (C=O) groups excluding carboxylic acids is 1. The summed E-state index contributed by atoms with van der Waals surface area (Å²) in [4.78, 5) is 12.9. The van der Waals surface area contributed by atoms with Gasteiger partial charge in [-0.25, -0.2) is 0 Å². The van der Waals surface area contributed by atoms with E-state index in [0.29, 0.717) is 5.69 Å². The van der Waals surface area contributed by atoms with Gasteiger partial charge in [0, 0.05) is 12.0 Å². The second kappa shape index (κ2) is 7.14. The zero-order valence-corrected chi connectivity index (χ0v) is 18.0. The van der Waals surface area contributed by atoms with Gasteiger partial charge in [0.1, 0.15) is 6.54 Å². The summed E-state index contributed by atoms with van der Waals surface area (Å²) in [6, 6.07) is 0.0795. The first kappa shape index (κ1) is 20.7. The molecule has 8 heteroatoms. The SMILES string of the molecule is CCC(NC(=O)Cn1nc(C(F)(F)F)c(Cl)c1C1CC1)C12CC3CC(CC(C3)C1)C2. The maximum absolute atomic E-state index is 13.3. The number of amides is 1. The number of rotatable bonds is 6. The standard InChI is InChI=1S/C22H29ClF3N3O/c1-2-16(21-8-12-5-13(9-21)7-14(6-12)10-21)27-17(30)11-29-19(15-3-4-15)18(23)20(28-29)22(24,25)26/h12-16H,2-11H2,1H3,(H,27,30). The second-order valence-electron chi connectivity index (χ2n) is 10.3. The van der Waals surface area contributed by atoms with Crippen LogP contribution in [0.25, 0.3) is 0 Å². The lowest BCUT2D eigenvalue weighted by atomic mass is 9.47. The number of alkyl halides is 3. The van der Waals surface area contributed by atoms with Crippen LogP contribution in [0.3, 0.4) is 0 Å². The molecule has 166 valence electrons. The molecular weight excluding hydrogens is 415 g/mol. The Kier molecular flexibility index (Phi) is 4.92. The smallest absolute Gasteiger partial charge is 0.351 e. The lowest BCUT2D eigenvalue weighted by molar-refractivity contribution is -0.141. The van der Waals surface area contributed by atoms with Gasteiger partial charge in [-0.2, -0.15) is 18.3 Å². The largest absolute Gasteiger partial charge is 0.436 e. The highest BCUT2D eigenvalue weighted by Gasteiger charge is 2.54. The number of hydrogen-bond acceptors (Lipinski definition) is 2. The van der Waals surface area contributed by atoms with E-state index in [-0.39, 0.29) is 34.8 Å². The molecule has 0 aromatic carbocycles. The summed E-state index contributed by atoms with van der Waals surface area (Å²) in [6.07, 6.45) is 5.34. The predicted octanol–water partition coefficient (Wildman–Crippen LogP) is 5.54. The average Bonchev–Trinajstić information content (AvgIpc) is 3.41.